The van der Waals surface area contributed by atoms with E-state index in [0.717, 1.165) is 17.4 Å². The molecule has 1 atom stereocenters. The van der Waals surface area contributed by atoms with Crippen molar-refractivity contribution in [2.24, 2.45) is 11.3 Å². The molecule has 0 bridgehead atoms. The van der Waals surface area contributed by atoms with Gasteiger partial charge < -0.3 is 10.6 Å². The van der Waals surface area contributed by atoms with Crippen molar-refractivity contribution in [1.82, 2.24) is 41.0 Å². The number of fused-ring (bicyclic) bond motifs is 1. The maximum atomic E-state index is 13.4. The normalized spacial score (nSPS) is 16.0. The van der Waals surface area contributed by atoms with Crippen LogP contribution in [0.25, 0.3) is 10.9 Å². The molecule has 2 heterocycles. The molecule has 2 amide bonds. The van der Waals surface area contributed by atoms with Crippen LogP contribution < -0.4 is 10.6 Å². The first kappa shape index (κ1) is 22.9. The number of rotatable bonds is 7. The molecule has 1 aliphatic carbocycles. The van der Waals surface area contributed by atoms with Crippen LogP contribution in [0.15, 0.2) is 24.3 Å². The molecule has 0 aliphatic heterocycles. The zero-order chi connectivity index (χ0) is 23.4. The quantitative estimate of drug-likeness (QED) is 0.505. The molecule has 10 nitrogen and oxygen atoms in total. The molecular weight excluding hydrogens is 420 g/mol. The first-order chi connectivity index (χ1) is 15.8. The highest BCUT2D eigenvalue weighted by molar-refractivity contribution is 6.06. The fourth-order valence-corrected chi connectivity index (χ4v) is 4.45. The summed E-state index contributed by atoms with van der Waals surface area (Å²) in [4.78, 5) is 26.3. The maximum absolute atomic E-state index is 13.4. The van der Waals surface area contributed by atoms with Gasteiger partial charge in [0.2, 0.25) is 5.91 Å². The molecule has 0 unspecified atom stereocenters. The molecule has 10 heteroatoms. The van der Waals surface area contributed by atoms with E-state index in [9.17, 15) is 9.59 Å². The van der Waals surface area contributed by atoms with E-state index in [0.29, 0.717) is 17.4 Å². The molecule has 0 radical (unpaired) electrons. The summed E-state index contributed by atoms with van der Waals surface area (Å²) >= 11 is 0. The molecule has 3 N–H and O–H groups in total. The number of hydrogen-bond donors (Lipinski definition) is 3. The van der Waals surface area contributed by atoms with Gasteiger partial charge in [-0.3, -0.25) is 14.3 Å². The van der Waals surface area contributed by atoms with Gasteiger partial charge in [0, 0.05) is 11.9 Å². The average molecular weight is 453 g/mol. The fourth-order valence-electron chi connectivity index (χ4n) is 4.45. The summed E-state index contributed by atoms with van der Waals surface area (Å²) in [7, 11) is 0. The fraction of sp³-hybridized carbons (Fsp3) is 0.565. The van der Waals surface area contributed by atoms with E-state index in [2.05, 4.69) is 31.3 Å². The molecule has 3 aromatic rings. The molecule has 176 valence electrons. The van der Waals surface area contributed by atoms with E-state index in [1.54, 1.807) is 0 Å². The Labute approximate surface area is 192 Å². The Bertz CT molecular complexity index is 1090. The van der Waals surface area contributed by atoms with E-state index < -0.39 is 11.5 Å². The van der Waals surface area contributed by atoms with Crippen LogP contribution in [0.4, 0.5) is 0 Å². The Morgan fingerprint density at radius 3 is 2.64 bits per heavy atom. The van der Waals surface area contributed by atoms with E-state index >= 15 is 0 Å². The largest absolute Gasteiger partial charge is 0.347 e. The monoisotopic (exact) mass is 452 g/mol. The molecule has 2 aromatic heterocycles. The third kappa shape index (κ3) is 5.37. The van der Waals surface area contributed by atoms with Crippen molar-refractivity contribution in [2.45, 2.75) is 72.0 Å². The van der Waals surface area contributed by atoms with Crippen LogP contribution in [0, 0.1) is 11.3 Å². The van der Waals surface area contributed by atoms with Gasteiger partial charge in [-0.1, -0.05) is 63.4 Å². The number of H-pyrrole nitrogens is 1. The topological polar surface area (TPSA) is 130 Å². The SMILES string of the molecule is CC(C)(C)[C@H](NC(=O)c1nn(CC2CCCCC2)c2ccccc12)C(=O)NCc1nn[nH]n1. The van der Waals surface area contributed by atoms with Gasteiger partial charge in [-0.15, -0.1) is 10.2 Å². The van der Waals surface area contributed by atoms with Gasteiger partial charge in [0.25, 0.3) is 5.91 Å². The van der Waals surface area contributed by atoms with Gasteiger partial charge >= 0.3 is 0 Å². The van der Waals surface area contributed by atoms with Crippen LogP contribution in [-0.4, -0.2) is 48.3 Å². The number of hydrogen-bond acceptors (Lipinski definition) is 6. The number of carbonyl (C=O) groups is 2. The summed E-state index contributed by atoms with van der Waals surface area (Å²) in [6.07, 6.45) is 6.20. The van der Waals surface area contributed by atoms with Gasteiger partial charge in [-0.25, -0.2) is 0 Å². The number of benzene rings is 1. The summed E-state index contributed by atoms with van der Waals surface area (Å²) in [5.74, 6) is 0.279. The summed E-state index contributed by atoms with van der Waals surface area (Å²) < 4.78 is 1.96. The van der Waals surface area contributed by atoms with Crippen molar-refractivity contribution in [3.05, 3.63) is 35.8 Å². The first-order valence-electron chi connectivity index (χ1n) is 11.6. The molecule has 0 spiro atoms. The number of para-hydroxylation sites is 1. The van der Waals surface area contributed by atoms with Crippen LogP contribution >= 0.6 is 0 Å². The van der Waals surface area contributed by atoms with Crippen LogP contribution in [0.1, 0.15) is 69.2 Å². The Hall–Kier alpha value is -3.30. The summed E-state index contributed by atoms with van der Waals surface area (Å²) in [5, 5.41) is 24.7. The maximum Gasteiger partial charge on any atom is 0.273 e. The number of amides is 2. The lowest BCUT2D eigenvalue weighted by atomic mass is 9.86. The van der Waals surface area contributed by atoms with Crippen LogP contribution in [0.2, 0.25) is 0 Å². The standard InChI is InChI=1S/C23H32N8O2/c1-23(2,3)20(22(33)24-13-18-26-29-30-27-18)25-21(32)19-16-11-7-8-12-17(16)31(28-19)14-15-9-5-4-6-10-15/h7-8,11-12,15,20H,4-6,9-10,13-14H2,1-3H3,(H,24,33)(H,25,32)(H,26,27,29,30)/t20-/m1/s1. The minimum absolute atomic E-state index is 0.122. The van der Waals surface area contributed by atoms with Crippen LogP contribution in [-0.2, 0) is 17.9 Å². The number of aromatic nitrogens is 6. The van der Waals surface area contributed by atoms with Crippen LogP contribution in [0.3, 0.4) is 0 Å². The third-order valence-electron chi connectivity index (χ3n) is 6.24. The molecule has 0 saturated heterocycles. The lowest BCUT2D eigenvalue weighted by Gasteiger charge is -2.30. The Morgan fingerprint density at radius 2 is 1.94 bits per heavy atom. The second-order valence-electron chi connectivity index (χ2n) is 9.87. The summed E-state index contributed by atoms with van der Waals surface area (Å²) in [5.41, 5.74) is 0.779. The Morgan fingerprint density at radius 1 is 1.18 bits per heavy atom. The molecular formula is C23H32N8O2. The second kappa shape index (κ2) is 9.68. The van der Waals surface area contributed by atoms with E-state index in [1.807, 2.05) is 49.7 Å². The van der Waals surface area contributed by atoms with E-state index in [4.69, 9.17) is 5.10 Å². The molecule has 1 fully saturated rings. The van der Waals surface area contributed by atoms with Crippen molar-refractivity contribution in [3.8, 4) is 0 Å². The summed E-state index contributed by atoms with van der Waals surface area (Å²) in [6, 6.07) is 7.02. The number of aromatic amines is 1. The van der Waals surface area contributed by atoms with E-state index in [1.165, 1.54) is 32.1 Å². The summed E-state index contributed by atoms with van der Waals surface area (Å²) in [6.45, 7) is 6.65. The molecule has 1 aromatic carbocycles. The van der Waals surface area contributed by atoms with Gasteiger partial charge in [0.1, 0.15) is 6.04 Å². The molecule has 4 rings (SSSR count). The molecule has 1 aliphatic rings. The first-order valence-corrected chi connectivity index (χ1v) is 11.6. The highest BCUT2D eigenvalue weighted by Gasteiger charge is 2.34. The number of nitrogens with zero attached hydrogens (tertiary/aromatic N) is 5. The Balaban J connectivity index is 1.53. The minimum atomic E-state index is -0.765. The van der Waals surface area contributed by atoms with Crippen molar-refractivity contribution >= 4 is 22.7 Å². The minimum Gasteiger partial charge on any atom is -0.347 e. The second-order valence-corrected chi connectivity index (χ2v) is 9.87. The van der Waals surface area contributed by atoms with Gasteiger partial charge in [0.05, 0.1) is 12.1 Å². The Kier molecular flexibility index (Phi) is 6.71. The van der Waals surface area contributed by atoms with Crippen molar-refractivity contribution in [1.29, 1.82) is 0 Å². The van der Waals surface area contributed by atoms with E-state index in [-0.39, 0.29) is 18.4 Å². The lowest BCUT2D eigenvalue weighted by molar-refractivity contribution is -0.125. The average Bonchev–Trinajstić information content (AvgIpc) is 3.44. The number of tetrazole rings is 1. The highest BCUT2D eigenvalue weighted by Crippen LogP contribution is 2.28. The van der Waals surface area contributed by atoms with Crippen molar-refractivity contribution < 1.29 is 9.59 Å². The van der Waals surface area contributed by atoms with Crippen molar-refractivity contribution in [2.75, 3.05) is 0 Å². The predicted molar refractivity (Wildman–Crippen MR) is 123 cm³/mol. The smallest absolute Gasteiger partial charge is 0.273 e. The third-order valence-corrected chi connectivity index (χ3v) is 6.24. The predicted octanol–water partition coefficient (Wildman–Crippen LogP) is 2.59. The van der Waals surface area contributed by atoms with Gasteiger partial charge in [-0.2, -0.15) is 10.3 Å². The number of nitrogens with one attached hydrogen (secondary N) is 3. The lowest BCUT2D eigenvalue weighted by Crippen LogP contribution is -2.53. The van der Waals surface area contributed by atoms with Crippen molar-refractivity contribution in [3.63, 3.8) is 0 Å². The number of carbonyl (C=O) groups excluding carboxylic acids is 2. The molecule has 1 saturated carbocycles. The zero-order valence-electron chi connectivity index (χ0n) is 19.5. The zero-order valence-corrected chi connectivity index (χ0v) is 19.5. The van der Waals surface area contributed by atoms with Gasteiger partial charge in [0.15, 0.2) is 11.5 Å². The molecule has 33 heavy (non-hydrogen) atoms. The highest BCUT2D eigenvalue weighted by atomic mass is 16.2. The van der Waals surface area contributed by atoms with Gasteiger partial charge in [-0.05, 0) is 30.2 Å². The van der Waals surface area contributed by atoms with Crippen LogP contribution in [0.5, 0.6) is 0 Å².